The molecule has 0 bridgehead atoms. The van der Waals surface area contributed by atoms with E-state index in [4.69, 9.17) is 14.6 Å². The lowest BCUT2D eigenvalue weighted by Crippen LogP contribution is -2.10. The van der Waals surface area contributed by atoms with Crippen molar-refractivity contribution in [2.24, 2.45) is 0 Å². The molecule has 0 heterocycles. The topological polar surface area (TPSA) is 72.8 Å². The largest absolute Gasteiger partial charge is 0.490 e. The molecule has 5 nitrogen and oxygen atoms in total. The molecule has 122 valence electrons. The number of carboxylic acids is 1. The maximum Gasteiger partial charge on any atom is 0.316 e. The van der Waals surface area contributed by atoms with E-state index in [-0.39, 0.29) is 0 Å². The average Bonchev–Trinajstić information content (AvgIpc) is 2.51. The number of carbonyl (C=O) groups is 1. The molecule has 1 N–H and O–H groups in total. The molecular formula is C16H15BrO5S. The highest BCUT2D eigenvalue weighted by Crippen LogP contribution is 2.18. The lowest BCUT2D eigenvalue weighted by atomic mass is 10.3. The van der Waals surface area contributed by atoms with Gasteiger partial charge in [-0.3, -0.25) is 9.00 Å². The number of ether oxygens (including phenoxy) is 2. The minimum absolute atomic E-state index is 0.365. The van der Waals surface area contributed by atoms with Crippen molar-refractivity contribution in [2.45, 2.75) is 4.90 Å². The van der Waals surface area contributed by atoms with E-state index in [0.29, 0.717) is 23.9 Å². The van der Waals surface area contributed by atoms with Crippen LogP contribution in [0.3, 0.4) is 0 Å². The second-order valence-corrected chi connectivity index (χ2v) is 6.88. The summed E-state index contributed by atoms with van der Waals surface area (Å²) in [4.78, 5) is 11.0. The van der Waals surface area contributed by atoms with Crippen LogP contribution < -0.4 is 9.47 Å². The molecule has 1 atom stereocenters. The minimum atomic E-state index is -1.54. The highest BCUT2D eigenvalue weighted by Gasteiger charge is 2.08. The summed E-state index contributed by atoms with van der Waals surface area (Å²) in [6.45, 7) is 0.757. The van der Waals surface area contributed by atoms with Crippen LogP contribution in [0.15, 0.2) is 57.9 Å². The van der Waals surface area contributed by atoms with Crippen LogP contribution >= 0.6 is 15.9 Å². The predicted octanol–water partition coefficient (Wildman–Crippen LogP) is 3.10. The van der Waals surface area contributed by atoms with E-state index in [1.165, 1.54) is 0 Å². The number of aliphatic carboxylic acids is 1. The fourth-order valence-electron chi connectivity index (χ4n) is 1.76. The monoisotopic (exact) mass is 398 g/mol. The SMILES string of the molecule is O=C(O)CS(=O)c1ccc(OCCOc2cccc(Br)c2)cc1. The Balaban J connectivity index is 1.78. The Kier molecular flexibility index (Phi) is 6.61. The third-order valence-electron chi connectivity index (χ3n) is 2.76. The van der Waals surface area contributed by atoms with Crippen LogP contribution in [0.1, 0.15) is 0 Å². The standard InChI is InChI=1S/C16H15BrO5S/c17-12-2-1-3-14(10-12)22-9-8-21-13-4-6-15(7-5-13)23(20)11-16(18)19/h1-7,10H,8-9,11H2,(H,18,19). The molecule has 0 aliphatic carbocycles. The van der Waals surface area contributed by atoms with Gasteiger partial charge in [0.15, 0.2) is 0 Å². The van der Waals surface area contributed by atoms with Gasteiger partial charge in [-0.25, -0.2) is 0 Å². The van der Waals surface area contributed by atoms with E-state index in [0.717, 1.165) is 10.2 Å². The van der Waals surface area contributed by atoms with Crippen molar-refractivity contribution in [3.63, 3.8) is 0 Å². The van der Waals surface area contributed by atoms with Crippen molar-refractivity contribution in [3.8, 4) is 11.5 Å². The Labute approximate surface area is 144 Å². The molecule has 1 unspecified atom stereocenters. The summed E-state index contributed by atoms with van der Waals surface area (Å²) in [7, 11) is -1.54. The third kappa shape index (κ3) is 6.03. The van der Waals surface area contributed by atoms with Crippen molar-refractivity contribution in [2.75, 3.05) is 19.0 Å². The predicted molar refractivity (Wildman–Crippen MR) is 90.5 cm³/mol. The van der Waals surface area contributed by atoms with Crippen LogP contribution in [-0.4, -0.2) is 34.3 Å². The fourth-order valence-corrected chi connectivity index (χ4v) is 2.97. The Hall–Kier alpha value is -1.86. The quantitative estimate of drug-likeness (QED) is 0.691. The van der Waals surface area contributed by atoms with Gasteiger partial charge in [0.1, 0.15) is 30.5 Å². The van der Waals surface area contributed by atoms with Gasteiger partial charge in [0, 0.05) is 9.37 Å². The molecule has 2 aromatic rings. The Bertz CT molecular complexity index is 687. The van der Waals surface area contributed by atoms with Gasteiger partial charge in [-0.1, -0.05) is 22.0 Å². The highest BCUT2D eigenvalue weighted by atomic mass is 79.9. The molecule has 23 heavy (non-hydrogen) atoms. The van der Waals surface area contributed by atoms with Crippen LogP contribution in [0.25, 0.3) is 0 Å². The van der Waals surface area contributed by atoms with Gasteiger partial charge >= 0.3 is 5.97 Å². The number of rotatable bonds is 8. The van der Waals surface area contributed by atoms with Gasteiger partial charge in [-0.05, 0) is 42.5 Å². The first-order valence-corrected chi connectivity index (χ1v) is 8.87. The van der Waals surface area contributed by atoms with Crippen molar-refractivity contribution in [1.29, 1.82) is 0 Å². The van der Waals surface area contributed by atoms with Gasteiger partial charge in [0.2, 0.25) is 0 Å². The molecule has 0 amide bonds. The van der Waals surface area contributed by atoms with Gasteiger partial charge in [-0.2, -0.15) is 0 Å². The first-order chi connectivity index (χ1) is 11.0. The van der Waals surface area contributed by atoms with Gasteiger partial charge in [0.05, 0.1) is 10.8 Å². The number of hydrogen-bond donors (Lipinski definition) is 1. The fraction of sp³-hybridized carbons (Fsp3) is 0.188. The van der Waals surface area contributed by atoms with Crippen LogP contribution in [0.2, 0.25) is 0 Å². The van der Waals surface area contributed by atoms with E-state index in [2.05, 4.69) is 15.9 Å². The van der Waals surface area contributed by atoms with Gasteiger partial charge in [-0.15, -0.1) is 0 Å². The van der Waals surface area contributed by atoms with E-state index >= 15 is 0 Å². The Morgan fingerprint density at radius 2 is 1.70 bits per heavy atom. The molecule has 0 saturated carbocycles. The summed E-state index contributed by atoms with van der Waals surface area (Å²) in [5, 5.41) is 8.62. The maximum atomic E-state index is 11.7. The minimum Gasteiger partial charge on any atom is -0.490 e. The van der Waals surface area contributed by atoms with Crippen LogP contribution in [0.5, 0.6) is 11.5 Å². The molecule has 2 rings (SSSR count). The van der Waals surface area contributed by atoms with E-state index in [1.807, 2.05) is 24.3 Å². The smallest absolute Gasteiger partial charge is 0.316 e. The van der Waals surface area contributed by atoms with E-state index in [1.54, 1.807) is 24.3 Å². The van der Waals surface area contributed by atoms with Crippen LogP contribution in [0, 0.1) is 0 Å². The molecule has 2 aromatic carbocycles. The molecule has 0 aliphatic heterocycles. The normalized spacial score (nSPS) is 11.7. The Morgan fingerprint density at radius 1 is 1.04 bits per heavy atom. The zero-order chi connectivity index (χ0) is 16.7. The average molecular weight is 399 g/mol. The number of halogens is 1. The second kappa shape index (κ2) is 8.69. The molecule has 0 aliphatic rings. The zero-order valence-electron chi connectivity index (χ0n) is 12.1. The number of hydrogen-bond acceptors (Lipinski definition) is 4. The molecule has 0 fully saturated rings. The summed E-state index contributed by atoms with van der Waals surface area (Å²) in [5.41, 5.74) is 0. The molecule has 0 radical (unpaired) electrons. The Morgan fingerprint density at radius 3 is 2.30 bits per heavy atom. The molecular weight excluding hydrogens is 384 g/mol. The zero-order valence-corrected chi connectivity index (χ0v) is 14.5. The van der Waals surface area contributed by atoms with Crippen LogP contribution in [-0.2, 0) is 15.6 Å². The lowest BCUT2D eigenvalue weighted by molar-refractivity contribution is -0.133. The van der Waals surface area contributed by atoms with Crippen LogP contribution in [0.4, 0.5) is 0 Å². The first kappa shape index (κ1) is 17.5. The third-order valence-corrected chi connectivity index (χ3v) is 4.56. The molecule has 7 heteroatoms. The maximum absolute atomic E-state index is 11.7. The first-order valence-electron chi connectivity index (χ1n) is 6.76. The summed E-state index contributed by atoms with van der Waals surface area (Å²) < 4.78 is 23.7. The second-order valence-electron chi connectivity index (χ2n) is 4.51. The summed E-state index contributed by atoms with van der Waals surface area (Å²) in [6.07, 6.45) is 0. The number of benzene rings is 2. The molecule has 0 aromatic heterocycles. The van der Waals surface area contributed by atoms with Crippen molar-refractivity contribution in [1.82, 2.24) is 0 Å². The summed E-state index contributed by atoms with van der Waals surface area (Å²) in [5.74, 6) is -0.129. The van der Waals surface area contributed by atoms with E-state index in [9.17, 15) is 9.00 Å². The summed E-state index contributed by atoms with van der Waals surface area (Å²) >= 11 is 3.37. The van der Waals surface area contributed by atoms with E-state index < -0.39 is 22.5 Å². The summed E-state index contributed by atoms with van der Waals surface area (Å²) in [6, 6.07) is 14.1. The van der Waals surface area contributed by atoms with Gasteiger partial charge < -0.3 is 14.6 Å². The lowest BCUT2D eigenvalue weighted by Gasteiger charge is -2.09. The molecule has 0 saturated heterocycles. The van der Waals surface area contributed by atoms with Gasteiger partial charge in [0.25, 0.3) is 0 Å². The number of carboxylic acid groups (broad SMARTS) is 1. The molecule has 0 spiro atoms. The van der Waals surface area contributed by atoms with Crippen molar-refractivity contribution in [3.05, 3.63) is 53.0 Å². The highest BCUT2D eigenvalue weighted by molar-refractivity contribution is 9.10. The van der Waals surface area contributed by atoms with Crippen molar-refractivity contribution < 1.29 is 23.6 Å². The van der Waals surface area contributed by atoms with Crippen molar-refractivity contribution >= 4 is 32.7 Å².